The molecule has 0 aliphatic heterocycles. The zero-order chi connectivity index (χ0) is 25.4. The molecule has 0 saturated heterocycles. The molecule has 6 nitrogen and oxygen atoms in total. The quantitative estimate of drug-likeness (QED) is 0.359. The second kappa shape index (κ2) is 12.9. The zero-order valence-corrected chi connectivity index (χ0v) is 21.4. The number of hydrogen-bond acceptors (Lipinski definition) is 3. The van der Waals surface area contributed by atoms with Gasteiger partial charge in [0.05, 0.1) is 22.5 Å². The van der Waals surface area contributed by atoms with Crippen LogP contribution in [0.25, 0.3) is 0 Å². The highest BCUT2D eigenvalue weighted by Gasteiger charge is 2.32. The summed E-state index contributed by atoms with van der Waals surface area (Å²) in [6.45, 7) is 0.495. The van der Waals surface area contributed by atoms with E-state index >= 15 is 0 Å². The molecule has 0 fully saturated rings. The Morgan fingerprint density at radius 2 is 1.69 bits per heavy atom. The Bertz CT molecular complexity index is 1060. The van der Waals surface area contributed by atoms with Gasteiger partial charge in [0, 0.05) is 32.4 Å². The summed E-state index contributed by atoms with van der Waals surface area (Å²) >= 11 is 12.4. The van der Waals surface area contributed by atoms with E-state index in [0.717, 1.165) is 37.7 Å². The number of carbonyl (C=O) groups excluding carboxylic acids is 2. The summed E-state index contributed by atoms with van der Waals surface area (Å²) in [5.74, 6) is -0.902. The fraction of sp³-hybridized carbons (Fsp3) is 0.444. The number of nitrogens with zero attached hydrogens (tertiary/aromatic N) is 1. The number of aliphatic carboxylic acids is 1. The number of rotatable bonds is 11. The minimum Gasteiger partial charge on any atom is -0.481 e. The van der Waals surface area contributed by atoms with Crippen LogP contribution in [-0.4, -0.2) is 41.4 Å². The highest BCUT2D eigenvalue weighted by atomic mass is 35.5. The minimum atomic E-state index is -0.978. The van der Waals surface area contributed by atoms with Gasteiger partial charge in [-0.15, -0.1) is 0 Å². The molecule has 0 spiro atoms. The van der Waals surface area contributed by atoms with Crippen molar-refractivity contribution in [2.45, 2.75) is 63.3 Å². The second-order valence-corrected chi connectivity index (χ2v) is 9.82. The first-order valence-electron chi connectivity index (χ1n) is 12.1. The van der Waals surface area contributed by atoms with Gasteiger partial charge in [0.25, 0.3) is 0 Å². The van der Waals surface area contributed by atoms with E-state index in [9.17, 15) is 14.4 Å². The van der Waals surface area contributed by atoms with E-state index in [0.29, 0.717) is 23.0 Å². The van der Waals surface area contributed by atoms with E-state index < -0.39 is 5.97 Å². The highest BCUT2D eigenvalue weighted by molar-refractivity contribution is 6.42. The van der Waals surface area contributed by atoms with Gasteiger partial charge in [0.2, 0.25) is 11.8 Å². The van der Waals surface area contributed by atoms with Gasteiger partial charge in [-0.2, -0.15) is 0 Å². The van der Waals surface area contributed by atoms with Gasteiger partial charge in [0.15, 0.2) is 0 Å². The molecule has 2 amide bonds. The van der Waals surface area contributed by atoms with E-state index in [-0.39, 0.29) is 36.6 Å². The van der Waals surface area contributed by atoms with Gasteiger partial charge < -0.3 is 15.3 Å². The largest absolute Gasteiger partial charge is 0.481 e. The van der Waals surface area contributed by atoms with Crippen LogP contribution in [0.5, 0.6) is 0 Å². The monoisotopic (exact) mass is 518 g/mol. The number of carboxylic acids is 1. The fourth-order valence-electron chi connectivity index (χ4n) is 4.71. The third-order valence-corrected chi connectivity index (χ3v) is 7.36. The first-order chi connectivity index (χ1) is 16.8. The Morgan fingerprint density at radius 3 is 2.40 bits per heavy atom. The fourth-order valence-corrected chi connectivity index (χ4v) is 5.02. The zero-order valence-electron chi connectivity index (χ0n) is 19.9. The summed E-state index contributed by atoms with van der Waals surface area (Å²) in [7, 11) is 1.88. The molecule has 0 heterocycles. The molecule has 2 N–H and O–H groups in total. The highest BCUT2D eigenvalue weighted by Crippen LogP contribution is 2.44. The summed E-state index contributed by atoms with van der Waals surface area (Å²) in [5.41, 5.74) is 3.53. The van der Waals surface area contributed by atoms with Gasteiger partial charge in [-0.05, 0) is 54.5 Å². The maximum absolute atomic E-state index is 12.9. The van der Waals surface area contributed by atoms with E-state index in [2.05, 4.69) is 17.4 Å². The first-order valence-corrected chi connectivity index (χ1v) is 12.8. The van der Waals surface area contributed by atoms with E-state index in [1.54, 1.807) is 0 Å². The van der Waals surface area contributed by atoms with Gasteiger partial charge in [-0.1, -0.05) is 60.0 Å². The molecule has 35 heavy (non-hydrogen) atoms. The van der Waals surface area contributed by atoms with Crippen molar-refractivity contribution in [3.8, 4) is 0 Å². The lowest BCUT2D eigenvalue weighted by Gasteiger charge is -2.37. The Morgan fingerprint density at radius 1 is 0.943 bits per heavy atom. The number of fused-ring (bicyclic) bond motifs is 1. The normalized spacial score (nSPS) is 16.9. The van der Waals surface area contributed by atoms with Crippen LogP contribution in [0.2, 0.25) is 10.0 Å². The molecule has 2 aromatic rings. The number of halogens is 2. The summed E-state index contributed by atoms with van der Waals surface area (Å²) < 4.78 is 0. The molecule has 0 aromatic heterocycles. The van der Waals surface area contributed by atoms with Crippen LogP contribution in [0.4, 0.5) is 0 Å². The standard InChI is InChI=1S/C27H32Cl2N2O4/c1-31(26(33)9-3-2-6-16-30-25(32)14-15-27(34)35)24-13-11-19(20-7-4-5-8-21(20)24)18-10-12-22(28)23(29)17-18/h4-5,7-8,10,12,17,19,24H,2-3,6,9,11,13-16H2,1H3,(H,30,32)(H,34,35). The molecule has 2 atom stereocenters. The van der Waals surface area contributed by atoms with Crippen molar-refractivity contribution in [3.63, 3.8) is 0 Å². The Kier molecular flexibility index (Phi) is 9.99. The summed E-state index contributed by atoms with van der Waals surface area (Å²) in [6.07, 6.45) is 4.39. The third kappa shape index (κ3) is 7.45. The molecule has 0 bridgehead atoms. The van der Waals surface area contributed by atoms with Crippen LogP contribution in [0.15, 0.2) is 42.5 Å². The van der Waals surface area contributed by atoms with Crippen molar-refractivity contribution in [2.75, 3.05) is 13.6 Å². The summed E-state index contributed by atoms with van der Waals surface area (Å²) in [6, 6.07) is 14.1. The predicted octanol–water partition coefficient (Wildman–Crippen LogP) is 5.96. The van der Waals surface area contributed by atoms with Gasteiger partial charge in [-0.25, -0.2) is 0 Å². The average molecular weight is 519 g/mol. The summed E-state index contributed by atoms with van der Waals surface area (Å²) in [5, 5.41) is 12.4. The molecule has 1 aliphatic rings. The molecule has 188 valence electrons. The maximum Gasteiger partial charge on any atom is 0.303 e. The van der Waals surface area contributed by atoms with E-state index in [1.807, 2.05) is 42.3 Å². The molecular weight excluding hydrogens is 487 g/mol. The van der Waals surface area contributed by atoms with Crippen molar-refractivity contribution in [2.24, 2.45) is 0 Å². The van der Waals surface area contributed by atoms with Crippen molar-refractivity contribution in [3.05, 3.63) is 69.2 Å². The third-order valence-electron chi connectivity index (χ3n) is 6.62. The topological polar surface area (TPSA) is 86.7 Å². The summed E-state index contributed by atoms with van der Waals surface area (Å²) in [4.78, 5) is 36.9. The number of benzene rings is 2. The van der Waals surface area contributed by atoms with E-state index in [1.165, 1.54) is 11.1 Å². The molecule has 1 aliphatic carbocycles. The Balaban J connectivity index is 1.52. The lowest BCUT2D eigenvalue weighted by Crippen LogP contribution is -2.34. The van der Waals surface area contributed by atoms with Crippen molar-refractivity contribution >= 4 is 41.0 Å². The molecule has 0 radical (unpaired) electrons. The Hall–Kier alpha value is -2.57. The molecule has 0 saturated carbocycles. The number of amides is 2. The van der Waals surface area contributed by atoms with Crippen molar-refractivity contribution < 1.29 is 19.5 Å². The SMILES string of the molecule is CN(C(=O)CCCCCNC(=O)CCC(=O)O)C1CCC(c2ccc(Cl)c(Cl)c2)c2ccccc21. The van der Waals surface area contributed by atoms with Crippen LogP contribution < -0.4 is 5.32 Å². The van der Waals surface area contributed by atoms with Crippen LogP contribution in [0.3, 0.4) is 0 Å². The number of carboxylic acid groups (broad SMARTS) is 1. The first kappa shape index (κ1) is 27.0. The molecular formula is C27H32Cl2N2O4. The average Bonchev–Trinajstić information content (AvgIpc) is 2.85. The van der Waals surface area contributed by atoms with Crippen LogP contribution in [-0.2, 0) is 14.4 Å². The molecule has 8 heteroatoms. The number of unbranched alkanes of at least 4 members (excludes halogenated alkanes) is 2. The number of nitrogens with one attached hydrogen (secondary N) is 1. The minimum absolute atomic E-state index is 0.00656. The lowest BCUT2D eigenvalue weighted by atomic mass is 9.76. The predicted molar refractivity (Wildman–Crippen MR) is 138 cm³/mol. The van der Waals surface area contributed by atoms with Crippen LogP contribution in [0, 0.1) is 0 Å². The van der Waals surface area contributed by atoms with Crippen LogP contribution in [0.1, 0.15) is 80.0 Å². The smallest absolute Gasteiger partial charge is 0.303 e. The van der Waals surface area contributed by atoms with Crippen molar-refractivity contribution in [1.82, 2.24) is 10.2 Å². The van der Waals surface area contributed by atoms with Crippen molar-refractivity contribution in [1.29, 1.82) is 0 Å². The van der Waals surface area contributed by atoms with Gasteiger partial charge in [0.1, 0.15) is 0 Å². The maximum atomic E-state index is 12.9. The Labute approximate surface area is 216 Å². The van der Waals surface area contributed by atoms with E-state index in [4.69, 9.17) is 28.3 Å². The molecule has 3 rings (SSSR count). The van der Waals surface area contributed by atoms with Gasteiger partial charge in [-0.3, -0.25) is 14.4 Å². The lowest BCUT2D eigenvalue weighted by molar-refractivity contribution is -0.138. The number of carbonyl (C=O) groups is 3. The van der Waals surface area contributed by atoms with Gasteiger partial charge >= 0.3 is 5.97 Å². The molecule has 2 unspecified atom stereocenters. The second-order valence-electron chi connectivity index (χ2n) is 9.01. The molecule has 2 aromatic carbocycles. The number of hydrogen-bond donors (Lipinski definition) is 2. The van der Waals surface area contributed by atoms with Crippen LogP contribution >= 0.6 is 23.2 Å².